The highest BCUT2D eigenvalue weighted by Gasteiger charge is 2.15. The minimum absolute atomic E-state index is 0.228. The first-order valence-electron chi connectivity index (χ1n) is 6.03. The zero-order valence-electron chi connectivity index (χ0n) is 10.4. The Kier molecular flexibility index (Phi) is 3.67. The first-order chi connectivity index (χ1) is 8.20. The number of aryl methyl sites for hydroxylation is 2. The number of esters is 1. The van der Waals surface area contributed by atoms with E-state index in [-0.39, 0.29) is 11.9 Å². The molecule has 0 amide bonds. The van der Waals surface area contributed by atoms with Gasteiger partial charge in [0.15, 0.2) is 0 Å². The lowest BCUT2D eigenvalue weighted by Gasteiger charge is -2.12. The van der Waals surface area contributed by atoms with Crippen LogP contribution in [0.2, 0.25) is 0 Å². The van der Waals surface area contributed by atoms with E-state index in [4.69, 9.17) is 4.74 Å². The van der Waals surface area contributed by atoms with Crippen molar-refractivity contribution in [2.24, 2.45) is 5.92 Å². The standard InChI is InChI=1S/C14H18O3/c1-10(14(15)16-2)9-17-13-7-6-11-4-3-5-12(11)8-13/h6-8,10H,3-5,9H2,1-2H3. The monoisotopic (exact) mass is 234 g/mol. The number of hydrogen-bond acceptors (Lipinski definition) is 3. The molecule has 0 saturated heterocycles. The Balaban J connectivity index is 1.93. The highest BCUT2D eigenvalue weighted by Crippen LogP contribution is 2.26. The number of rotatable bonds is 4. The summed E-state index contributed by atoms with van der Waals surface area (Å²) in [6, 6.07) is 6.20. The molecule has 92 valence electrons. The van der Waals surface area contributed by atoms with Crippen molar-refractivity contribution < 1.29 is 14.3 Å². The smallest absolute Gasteiger partial charge is 0.311 e. The van der Waals surface area contributed by atoms with E-state index in [1.807, 2.05) is 6.07 Å². The van der Waals surface area contributed by atoms with Crippen molar-refractivity contribution in [1.82, 2.24) is 0 Å². The molecule has 17 heavy (non-hydrogen) atoms. The van der Waals surface area contributed by atoms with Crippen LogP contribution in [0, 0.1) is 5.92 Å². The van der Waals surface area contributed by atoms with Crippen LogP contribution in [-0.2, 0) is 22.4 Å². The molecule has 1 unspecified atom stereocenters. The number of ether oxygens (including phenoxy) is 2. The molecule has 3 nitrogen and oxygen atoms in total. The number of hydrogen-bond donors (Lipinski definition) is 0. The van der Waals surface area contributed by atoms with Crippen LogP contribution in [-0.4, -0.2) is 19.7 Å². The lowest BCUT2D eigenvalue weighted by Crippen LogP contribution is -2.20. The minimum Gasteiger partial charge on any atom is -0.493 e. The highest BCUT2D eigenvalue weighted by molar-refractivity contribution is 5.71. The number of benzene rings is 1. The van der Waals surface area contributed by atoms with Gasteiger partial charge < -0.3 is 9.47 Å². The van der Waals surface area contributed by atoms with Crippen LogP contribution in [0.15, 0.2) is 18.2 Å². The van der Waals surface area contributed by atoms with Gasteiger partial charge >= 0.3 is 5.97 Å². The van der Waals surface area contributed by atoms with Crippen LogP contribution in [0.3, 0.4) is 0 Å². The molecule has 1 aromatic carbocycles. The summed E-state index contributed by atoms with van der Waals surface area (Å²) in [4.78, 5) is 11.2. The molecule has 1 atom stereocenters. The number of fused-ring (bicyclic) bond motifs is 1. The van der Waals surface area contributed by atoms with Gasteiger partial charge in [0.2, 0.25) is 0 Å². The van der Waals surface area contributed by atoms with Crippen LogP contribution in [0.25, 0.3) is 0 Å². The summed E-state index contributed by atoms with van der Waals surface area (Å²) >= 11 is 0. The second kappa shape index (κ2) is 5.21. The summed E-state index contributed by atoms with van der Waals surface area (Å²) in [6.45, 7) is 2.17. The molecule has 0 heterocycles. The average molecular weight is 234 g/mol. The third kappa shape index (κ3) is 2.78. The topological polar surface area (TPSA) is 35.5 Å². The number of carbonyl (C=O) groups excluding carboxylic acids is 1. The third-order valence-electron chi connectivity index (χ3n) is 3.17. The second-order valence-corrected chi connectivity index (χ2v) is 4.52. The zero-order valence-corrected chi connectivity index (χ0v) is 10.4. The van der Waals surface area contributed by atoms with Crippen LogP contribution >= 0.6 is 0 Å². The summed E-state index contributed by atoms with van der Waals surface area (Å²) in [5, 5.41) is 0. The van der Waals surface area contributed by atoms with Crippen LogP contribution in [0.5, 0.6) is 5.75 Å². The SMILES string of the molecule is COC(=O)C(C)COc1ccc2c(c1)CCC2. The van der Waals surface area contributed by atoms with Gasteiger partial charge in [0.05, 0.1) is 13.0 Å². The Bertz CT molecular complexity index is 412. The van der Waals surface area contributed by atoms with Crippen LogP contribution in [0.4, 0.5) is 0 Å². The van der Waals surface area contributed by atoms with E-state index >= 15 is 0 Å². The van der Waals surface area contributed by atoms with Crippen molar-refractivity contribution >= 4 is 5.97 Å². The van der Waals surface area contributed by atoms with Gasteiger partial charge in [-0.2, -0.15) is 0 Å². The van der Waals surface area contributed by atoms with Crippen LogP contribution in [0.1, 0.15) is 24.5 Å². The molecular formula is C14H18O3. The predicted octanol–water partition coefficient (Wildman–Crippen LogP) is 2.36. The van der Waals surface area contributed by atoms with Crippen LogP contribution < -0.4 is 4.74 Å². The second-order valence-electron chi connectivity index (χ2n) is 4.52. The maximum Gasteiger partial charge on any atom is 0.311 e. The van der Waals surface area contributed by atoms with Gasteiger partial charge in [-0.3, -0.25) is 4.79 Å². The van der Waals surface area contributed by atoms with Crippen molar-refractivity contribution in [3.05, 3.63) is 29.3 Å². The summed E-state index contributed by atoms with van der Waals surface area (Å²) < 4.78 is 10.3. The maximum absolute atomic E-state index is 11.2. The normalized spacial score (nSPS) is 15.2. The fourth-order valence-electron chi connectivity index (χ4n) is 2.13. The lowest BCUT2D eigenvalue weighted by atomic mass is 10.1. The van der Waals surface area contributed by atoms with E-state index in [0.717, 1.165) is 12.2 Å². The highest BCUT2D eigenvalue weighted by atomic mass is 16.5. The summed E-state index contributed by atoms with van der Waals surface area (Å²) in [6.07, 6.45) is 3.55. The van der Waals surface area contributed by atoms with E-state index in [1.54, 1.807) is 6.92 Å². The molecule has 0 N–H and O–H groups in total. The first-order valence-corrected chi connectivity index (χ1v) is 6.03. The summed E-state index contributed by atoms with van der Waals surface area (Å²) in [7, 11) is 1.40. The zero-order chi connectivity index (χ0) is 12.3. The van der Waals surface area contributed by atoms with Gasteiger partial charge in [-0.25, -0.2) is 0 Å². The van der Waals surface area contributed by atoms with E-state index in [9.17, 15) is 4.79 Å². The Morgan fingerprint density at radius 3 is 2.88 bits per heavy atom. The van der Waals surface area contributed by atoms with E-state index in [1.165, 1.54) is 31.1 Å². The molecule has 1 aliphatic rings. The van der Waals surface area contributed by atoms with Crippen molar-refractivity contribution in [2.75, 3.05) is 13.7 Å². The molecule has 0 saturated carbocycles. The van der Waals surface area contributed by atoms with Crippen molar-refractivity contribution in [3.63, 3.8) is 0 Å². The summed E-state index contributed by atoms with van der Waals surface area (Å²) in [5.41, 5.74) is 2.81. The fourth-order valence-corrected chi connectivity index (χ4v) is 2.13. The molecule has 0 aliphatic heterocycles. The third-order valence-corrected chi connectivity index (χ3v) is 3.17. The molecule has 0 radical (unpaired) electrons. The van der Waals surface area contributed by atoms with Gasteiger partial charge in [0, 0.05) is 0 Å². The van der Waals surface area contributed by atoms with Gasteiger partial charge in [0.25, 0.3) is 0 Å². The Morgan fingerprint density at radius 1 is 1.35 bits per heavy atom. The van der Waals surface area contributed by atoms with Gasteiger partial charge in [-0.1, -0.05) is 6.07 Å². The molecule has 0 bridgehead atoms. The molecule has 0 aromatic heterocycles. The Labute approximate surface area is 102 Å². The Hall–Kier alpha value is -1.51. The first kappa shape index (κ1) is 12.0. The average Bonchev–Trinajstić information content (AvgIpc) is 2.82. The van der Waals surface area contributed by atoms with E-state index in [2.05, 4.69) is 16.9 Å². The van der Waals surface area contributed by atoms with Crippen molar-refractivity contribution in [2.45, 2.75) is 26.2 Å². The molecule has 0 spiro atoms. The molecule has 1 aliphatic carbocycles. The lowest BCUT2D eigenvalue weighted by molar-refractivity contribution is -0.145. The minimum atomic E-state index is -0.230. The van der Waals surface area contributed by atoms with E-state index in [0.29, 0.717) is 6.61 Å². The molecule has 3 heteroatoms. The predicted molar refractivity (Wildman–Crippen MR) is 65.1 cm³/mol. The molecular weight excluding hydrogens is 216 g/mol. The molecule has 2 rings (SSSR count). The Morgan fingerprint density at radius 2 is 2.12 bits per heavy atom. The van der Waals surface area contributed by atoms with Gasteiger partial charge in [0.1, 0.15) is 12.4 Å². The summed E-state index contributed by atoms with van der Waals surface area (Å²) in [5.74, 6) is 0.390. The number of methoxy groups -OCH3 is 1. The van der Waals surface area contributed by atoms with Gasteiger partial charge in [-0.05, 0) is 49.4 Å². The fraction of sp³-hybridized carbons (Fsp3) is 0.500. The molecule has 0 fully saturated rings. The quantitative estimate of drug-likeness (QED) is 0.750. The van der Waals surface area contributed by atoms with Gasteiger partial charge in [-0.15, -0.1) is 0 Å². The van der Waals surface area contributed by atoms with E-state index < -0.39 is 0 Å². The largest absolute Gasteiger partial charge is 0.493 e. The number of carbonyl (C=O) groups is 1. The van der Waals surface area contributed by atoms with Crippen molar-refractivity contribution in [3.8, 4) is 5.75 Å². The maximum atomic E-state index is 11.2. The molecule has 1 aromatic rings. The van der Waals surface area contributed by atoms with Crippen molar-refractivity contribution in [1.29, 1.82) is 0 Å².